The van der Waals surface area contributed by atoms with Crippen molar-refractivity contribution in [3.63, 3.8) is 0 Å². The van der Waals surface area contributed by atoms with Crippen LogP contribution in [0.5, 0.6) is 5.75 Å². The Balaban J connectivity index is 3.20. The maximum absolute atomic E-state index is 12.8. The van der Waals surface area contributed by atoms with Crippen molar-refractivity contribution >= 4 is 11.6 Å². The predicted molar refractivity (Wildman–Crippen MR) is 38.7 cm³/mol. The molecule has 0 aromatic carbocycles. The Morgan fingerprint density at radius 1 is 1.43 bits per heavy atom. The fourth-order valence-corrected chi connectivity index (χ4v) is 0.813. The molecule has 1 heterocycles. The summed E-state index contributed by atoms with van der Waals surface area (Å²) in [7, 11) is 0. The van der Waals surface area contributed by atoms with Crippen LogP contribution in [-0.2, 0) is 0 Å². The molecule has 0 bridgehead atoms. The lowest BCUT2D eigenvalue weighted by atomic mass is 10.4. The maximum atomic E-state index is 12.8. The standard InChI is InChI=1S/C6H2ClF4NO2/c7-2-1-12-5(13)4(3(2)8)14-6(9,10)11/h1H,(H,12,13). The molecule has 0 aliphatic heterocycles. The van der Waals surface area contributed by atoms with Crippen molar-refractivity contribution in [2.45, 2.75) is 6.36 Å². The van der Waals surface area contributed by atoms with Crippen LogP contribution in [0.4, 0.5) is 17.6 Å². The van der Waals surface area contributed by atoms with Gasteiger partial charge < -0.3 is 9.72 Å². The third kappa shape index (κ3) is 2.38. The van der Waals surface area contributed by atoms with Crippen LogP contribution >= 0.6 is 11.6 Å². The van der Waals surface area contributed by atoms with Gasteiger partial charge in [0.05, 0.1) is 5.02 Å². The fourth-order valence-electron chi connectivity index (χ4n) is 0.673. The van der Waals surface area contributed by atoms with Crippen LogP contribution in [0.2, 0.25) is 5.02 Å². The van der Waals surface area contributed by atoms with E-state index in [4.69, 9.17) is 11.6 Å². The average Bonchev–Trinajstić information content (AvgIpc) is 2.04. The largest absolute Gasteiger partial charge is 0.573 e. The van der Waals surface area contributed by atoms with Crippen LogP contribution < -0.4 is 10.3 Å². The normalized spacial score (nSPS) is 11.5. The van der Waals surface area contributed by atoms with Crippen LogP contribution in [0.15, 0.2) is 11.0 Å². The van der Waals surface area contributed by atoms with Gasteiger partial charge in [-0.1, -0.05) is 11.6 Å². The number of H-pyrrole nitrogens is 1. The number of alkyl halides is 3. The highest BCUT2D eigenvalue weighted by Crippen LogP contribution is 2.25. The second-order valence-corrected chi connectivity index (χ2v) is 2.56. The van der Waals surface area contributed by atoms with Gasteiger partial charge in [-0.05, 0) is 0 Å². The second kappa shape index (κ2) is 3.49. The van der Waals surface area contributed by atoms with E-state index in [1.54, 1.807) is 4.98 Å². The summed E-state index contributed by atoms with van der Waals surface area (Å²) in [6, 6.07) is 0. The molecule has 0 atom stereocenters. The van der Waals surface area contributed by atoms with Crippen LogP contribution in [-0.4, -0.2) is 11.3 Å². The number of aromatic amines is 1. The molecule has 0 radical (unpaired) electrons. The Bertz CT molecular complexity index is 400. The van der Waals surface area contributed by atoms with Gasteiger partial charge in [0.25, 0.3) is 5.56 Å². The summed E-state index contributed by atoms with van der Waals surface area (Å²) in [6.07, 6.45) is -4.42. The van der Waals surface area contributed by atoms with Crippen molar-refractivity contribution < 1.29 is 22.3 Å². The van der Waals surface area contributed by atoms with E-state index < -0.39 is 28.5 Å². The summed E-state index contributed by atoms with van der Waals surface area (Å²) in [6.45, 7) is 0. The van der Waals surface area contributed by atoms with Gasteiger partial charge in [-0.25, -0.2) is 4.39 Å². The van der Waals surface area contributed by atoms with Crippen molar-refractivity contribution in [3.05, 3.63) is 27.4 Å². The van der Waals surface area contributed by atoms with E-state index >= 15 is 0 Å². The van der Waals surface area contributed by atoms with E-state index in [1.807, 2.05) is 0 Å². The van der Waals surface area contributed by atoms with Gasteiger partial charge in [0.1, 0.15) is 0 Å². The summed E-state index contributed by atoms with van der Waals surface area (Å²) in [5, 5.41) is -0.663. The highest BCUT2D eigenvalue weighted by atomic mass is 35.5. The molecular weight excluding hydrogens is 230 g/mol. The summed E-state index contributed by atoms with van der Waals surface area (Å²) < 4.78 is 50.9. The highest BCUT2D eigenvalue weighted by molar-refractivity contribution is 6.30. The minimum Gasteiger partial charge on any atom is -0.397 e. The number of rotatable bonds is 1. The Labute approximate surface area is 79.3 Å². The summed E-state index contributed by atoms with van der Waals surface area (Å²) >= 11 is 5.12. The molecule has 1 aromatic rings. The van der Waals surface area contributed by atoms with Gasteiger partial charge in [0.2, 0.25) is 5.75 Å². The Morgan fingerprint density at radius 3 is 2.50 bits per heavy atom. The van der Waals surface area contributed by atoms with Gasteiger partial charge in [-0.15, -0.1) is 13.2 Å². The fraction of sp³-hybridized carbons (Fsp3) is 0.167. The Morgan fingerprint density at radius 2 is 2.00 bits per heavy atom. The molecule has 8 heteroatoms. The Kier molecular flexibility index (Phi) is 2.70. The molecule has 14 heavy (non-hydrogen) atoms. The van der Waals surface area contributed by atoms with Gasteiger partial charge in [0, 0.05) is 6.20 Å². The minimum atomic E-state index is -5.14. The smallest absolute Gasteiger partial charge is 0.397 e. The number of halogens is 5. The quantitative estimate of drug-likeness (QED) is 0.752. The lowest BCUT2D eigenvalue weighted by molar-refractivity contribution is -0.276. The third-order valence-electron chi connectivity index (χ3n) is 1.16. The van der Waals surface area contributed by atoms with Gasteiger partial charge in [-0.2, -0.15) is 0 Å². The second-order valence-electron chi connectivity index (χ2n) is 2.16. The first-order chi connectivity index (χ1) is 6.31. The maximum Gasteiger partial charge on any atom is 0.573 e. The molecule has 0 amide bonds. The van der Waals surface area contributed by atoms with Crippen LogP contribution in [0.25, 0.3) is 0 Å². The van der Waals surface area contributed by atoms with Crippen LogP contribution in [0.3, 0.4) is 0 Å². The molecule has 0 saturated carbocycles. The van der Waals surface area contributed by atoms with Crippen molar-refractivity contribution in [2.75, 3.05) is 0 Å². The number of nitrogens with one attached hydrogen (secondary N) is 1. The molecule has 1 N–H and O–H groups in total. The van der Waals surface area contributed by atoms with Crippen LogP contribution in [0, 0.1) is 5.82 Å². The van der Waals surface area contributed by atoms with Crippen molar-refractivity contribution in [1.82, 2.24) is 4.98 Å². The average molecular weight is 232 g/mol. The van der Waals surface area contributed by atoms with E-state index in [2.05, 4.69) is 4.74 Å². The lowest BCUT2D eigenvalue weighted by Gasteiger charge is -2.08. The third-order valence-corrected chi connectivity index (χ3v) is 1.44. The number of ether oxygens (including phenoxy) is 1. The first-order valence-electron chi connectivity index (χ1n) is 3.13. The van der Waals surface area contributed by atoms with Crippen molar-refractivity contribution in [2.24, 2.45) is 0 Å². The lowest BCUT2D eigenvalue weighted by Crippen LogP contribution is -2.23. The molecule has 3 nitrogen and oxygen atoms in total. The first-order valence-corrected chi connectivity index (χ1v) is 3.51. The van der Waals surface area contributed by atoms with Crippen molar-refractivity contribution in [1.29, 1.82) is 0 Å². The zero-order valence-corrected chi connectivity index (χ0v) is 7.04. The van der Waals surface area contributed by atoms with E-state index in [0.717, 1.165) is 6.20 Å². The number of hydrogen-bond donors (Lipinski definition) is 1. The molecule has 0 fully saturated rings. The van der Waals surface area contributed by atoms with Gasteiger partial charge in [0.15, 0.2) is 5.82 Å². The zero-order valence-electron chi connectivity index (χ0n) is 6.28. The topological polar surface area (TPSA) is 42.1 Å². The zero-order chi connectivity index (χ0) is 10.9. The molecule has 0 unspecified atom stereocenters. The molecule has 1 aromatic heterocycles. The molecule has 0 aliphatic carbocycles. The molecule has 0 saturated heterocycles. The first kappa shape index (κ1) is 10.8. The van der Waals surface area contributed by atoms with E-state index in [1.165, 1.54) is 0 Å². The van der Waals surface area contributed by atoms with Gasteiger partial charge >= 0.3 is 6.36 Å². The minimum absolute atomic E-state index is 0.663. The summed E-state index contributed by atoms with van der Waals surface area (Å²) in [4.78, 5) is 12.5. The van der Waals surface area contributed by atoms with Crippen LogP contribution in [0.1, 0.15) is 0 Å². The van der Waals surface area contributed by atoms with E-state index in [-0.39, 0.29) is 0 Å². The number of aromatic nitrogens is 1. The number of hydrogen-bond acceptors (Lipinski definition) is 2. The molecule has 78 valence electrons. The highest BCUT2D eigenvalue weighted by Gasteiger charge is 2.34. The molecule has 0 spiro atoms. The van der Waals surface area contributed by atoms with Gasteiger partial charge in [-0.3, -0.25) is 4.79 Å². The summed E-state index contributed by atoms with van der Waals surface area (Å²) in [5.74, 6) is -3.04. The molecule has 0 aliphatic rings. The summed E-state index contributed by atoms with van der Waals surface area (Å²) in [5.41, 5.74) is -1.34. The van der Waals surface area contributed by atoms with E-state index in [0.29, 0.717) is 0 Å². The van der Waals surface area contributed by atoms with E-state index in [9.17, 15) is 22.4 Å². The van der Waals surface area contributed by atoms with Crippen molar-refractivity contribution in [3.8, 4) is 5.75 Å². The monoisotopic (exact) mass is 231 g/mol. The predicted octanol–water partition coefficient (Wildman–Crippen LogP) is 2.07. The SMILES string of the molecule is O=c1[nH]cc(Cl)c(F)c1OC(F)(F)F. The Hall–Kier alpha value is -1.24. The molecular formula is C6H2ClF4NO2. The number of pyridine rings is 1. The molecule has 1 rings (SSSR count).